The van der Waals surface area contributed by atoms with Crippen LogP contribution in [0.4, 0.5) is 0 Å². The second kappa shape index (κ2) is 7.84. The van der Waals surface area contributed by atoms with Gasteiger partial charge in [0.1, 0.15) is 12.2 Å². The van der Waals surface area contributed by atoms with Crippen LogP contribution < -0.4 is 11.5 Å². The molecule has 4 rings (SSSR count). The molecular formula is C20H24N2O4. The molecular weight excluding hydrogens is 332 g/mol. The molecule has 0 saturated carbocycles. The molecule has 2 aromatic carbocycles. The molecule has 2 heterocycles. The lowest BCUT2D eigenvalue weighted by Crippen LogP contribution is -2.67. The van der Waals surface area contributed by atoms with Gasteiger partial charge in [-0.1, -0.05) is 60.7 Å². The largest absolute Gasteiger partial charge is 0.346 e. The van der Waals surface area contributed by atoms with Crippen LogP contribution in [0.5, 0.6) is 0 Å². The van der Waals surface area contributed by atoms with E-state index in [4.69, 9.17) is 30.4 Å². The van der Waals surface area contributed by atoms with Gasteiger partial charge in [0.05, 0.1) is 25.3 Å². The second-order valence-corrected chi connectivity index (χ2v) is 6.67. The van der Waals surface area contributed by atoms with Gasteiger partial charge >= 0.3 is 0 Å². The molecule has 26 heavy (non-hydrogen) atoms. The maximum atomic E-state index is 6.37. The molecule has 0 aliphatic carbocycles. The molecule has 0 amide bonds. The van der Waals surface area contributed by atoms with Crippen LogP contribution in [0.15, 0.2) is 60.7 Å². The Morgan fingerprint density at radius 1 is 0.885 bits per heavy atom. The zero-order valence-corrected chi connectivity index (χ0v) is 14.4. The first-order valence-electron chi connectivity index (χ1n) is 8.86. The molecule has 4 N–H and O–H groups in total. The fraction of sp³-hybridized carbons (Fsp3) is 0.400. The number of ether oxygens (including phenoxy) is 4. The molecule has 2 aliphatic rings. The fourth-order valence-electron chi connectivity index (χ4n) is 3.35. The van der Waals surface area contributed by atoms with Crippen LogP contribution in [-0.2, 0) is 25.6 Å². The third-order valence-corrected chi connectivity index (χ3v) is 4.83. The molecule has 0 aromatic heterocycles. The van der Waals surface area contributed by atoms with Crippen molar-refractivity contribution in [2.24, 2.45) is 11.5 Å². The average molecular weight is 356 g/mol. The highest BCUT2D eigenvalue weighted by Crippen LogP contribution is 2.33. The third-order valence-electron chi connectivity index (χ3n) is 4.83. The lowest BCUT2D eigenvalue weighted by atomic mass is 9.94. The Morgan fingerprint density at radius 3 is 2.31 bits per heavy atom. The third kappa shape index (κ3) is 3.66. The molecule has 6 nitrogen and oxygen atoms in total. The summed E-state index contributed by atoms with van der Waals surface area (Å²) in [5.74, 6) is 0. The van der Waals surface area contributed by atoms with E-state index >= 15 is 0 Å². The van der Waals surface area contributed by atoms with Crippen LogP contribution in [0.2, 0.25) is 0 Å². The topological polar surface area (TPSA) is 89.0 Å². The van der Waals surface area contributed by atoms with Gasteiger partial charge in [0.15, 0.2) is 12.6 Å². The number of benzene rings is 2. The molecule has 2 saturated heterocycles. The van der Waals surface area contributed by atoms with Crippen molar-refractivity contribution < 1.29 is 18.9 Å². The first kappa shape index (κ1) is 17.6. The highest BCUT2D eigenvalue weighted by molar-refractivity contribution is 5.17. The Hall–Kier alpha value is -1.80. The highest BCUT2D eigenvalue weighted by Gasteiger charge is 2.47. The van der Waals surface area contributed by atoms with Crippen molar-refractivity contribution >= 4 is 0 Å². The molecule has 2 aromatic rings. The predicted octanol–water partition coefficient (Wildman–Crippen LogP) is 1.70. The summed E-state index contributed by atoms with van der Waals surface area (Å²) in [6, 6.07) is 18.8. The van der Waals surface area contributed by atoms with Crippen molar-refractivity contribution in [3.05, 3.63) is 71.8 Å². The summed E-state index contributed by atoms with van der Waals surface area (Å²) in [5, 5.41) is 0. The molecule has 6 heteroatoms. The summed E-state index contributed by atoms with van der Waals surface area (Å²) >= 11 is 0. The molecule has 2 aliphatic heterocycles. The smallest absolute Gasteiger partial charge is 0.184 e. The van der Waals surface area contributed by atoms with E-state index < -0.39 is 24.7 Å². The summed E-state index contributed by atoms with van der Waals surface area (Å²) in [6.07, 6.45) is -1.68. The van der Waals surface area contributed by atoms with Gasteiger partial charge in [0.25, 0.3) is 0 Å². The molecule has 0 bridgehead atoms. The quantitative estimate of drug-likeness (QED) is 0.867. The van der Waals surface area contributed by atoms with Gasteiger partial charge in [-0.05, 0) is 5.56 Å². The summed E-state index contributed by atoms with van der Waals surface area (Å²) in [6.45, 7) is 0.799. The van der Waals surface area contributed by atoms with Gasteiger partial charge < -0.3 is 30.4 Å². The lowest BCUT2D eigenvalue weighted by Gasteiger charge is -2.47. The summed E-state index contributed by atoms with van der Waals surface area (Å²) in [5.41, 5.74) is 14.7. The van der Waals surface area contributed by atoms with Gasteiger partial charge in [-0.15, -0.1) is 0 Å². The van der Waals surface area contributed by atoms with Gasteiger partial charge in [-0.2, -0.15) is 0 Å². The Balaban J connectivity index is 1.40. The lowest BCUT2D eigenvalue weighted by molar-refractivity contribution is -0.326. The van der Waals surface area contributed by atoms with Crippen LogP contribution in [0.25, 0.3) is 0 Å². The van der Waals surface area contributed by atoms with E-state index in [0.717, 1.165) is 11.1 Å². The Bertz CT molecular complexity index is 697. The molecule has 6 atom stereocenters. The van der Waals surface area contributed by atoms with E-state index in [1.54, 1.807) is 0 Å². The van der Waals surface area contributed by atoms with E-state index in [-0.39, 0.29) is 12.2 Å². The van der Waals surface area contributed by atoms with Crippen molar-refractivity contribution in [1.29, 1.82) is 0 Å². The van der Waals surface area contributed by atoms with Crippen molar-refractivity contribution in [2.45, 2.75) is 43.5 Å². The molecule has 138 valence electrons. The van der Waals surface area contributed by atoms with Crippen LogP contribution in [0.1, 0.15) is 17.4 Å². The normalized spacial score (nSPS) is 34.2. The minimum atomic E-state index is -0.591. The highest BCUT2D eigenvalue weighted by atomic mass is 16.7. The number of fused-ring (bicyclic) bond motifs is 1. The van der Waals surface area contributed by atoms with Crippen molar-refractivity contribution in [1.82, 2.24) is 0 Å². The van der Waals surface area contributed by atoms with Crippen LogP contribution >= 0.6 is 0 Å². The van der Waals surface area contributed by atoms with E-state index in [2.05, 4.69) is 0 Å². The first-order chi connectivity index (χ1) is 12.7. The van der Waals surface area contributed by atoms with Crippen LogP contribution in [0.3, 0.4) is 0 Å². The summed E-state index contributed by atoms with van der Waals surface area (Å²) < 4.78 is 23.8. The van der Waals surface area contributed by atoms with Gasteiger partial charge in [-0.25, -0.2) is 0 Å². The molecule has 0 spiro atoms. The Morgan fingerprint density at radius 2 is 1.58 bits per heavy atom. The van der Waals surface area contributed by atoms with Gasteiger partial charge in [-0.3, -0.25) is 0 Å². The van der Waals surface area contributed by atoms with Gasteiger partial charge in [0, 0.05) is 5.56 Å². The number of hydrogen-bond acceptors (Lipinski definition) is 6. The van der Waals surface area contributed by atoms with Crippen LogP contribution in [-0.4, -0.2) is 37.2 Å². The van der Waals surface area contributed by atoms with E-state index in [1.165, 1.54) is 0 Å². The van der Waals surface area contributed by atoms with Crippen molar-refractivity contribution in [3.63, 3.8) is 0 Å². The van der Waals surface area contributed by atoms with E-state index in [9.17, 15) is 0 Å². The minimum Gasteiger partial charge on any atom is -0.346 e. The molecule has 0 radical (unpaired) electrons. The Kier molecular flexibility index (Phi) is 5.31. The molecule has 2 fully saturated rings. The zero-order chi connectivity index (χ0) is 17.9. The predicted molar refractivity (Wildman–Crippen MR) is 95.9 cm³/mol. The van der Waals surface area contributed by atoms with E-state index in [0.29, 0.717) is 13.2 Å². The van der Waals surface area contributed by atoms with Crippen molar-refractivity contribution in [3.8, 4) is 0 Å². The second-order valence-electron chi connectivity index (χ2n) is 6.67. The number of nitrogens with two attached hydrogens (primary N) is 2. The molecule has 0 unspecified atom stereocenters. The fourth-order valence-corrected chi connectivity index (χ4v) is 3.35. The monoisotopic (exact) mass is 356 g/mol. The zero-order valence-electron chi connectivity index (χ0n) is 14.4. The maximum Gasteiger partial charge on any atom is 0.184 e. The SMILES string of the molecule is N[C@@H]1[C@@H](N)[C@@H](OCc2ccccc2)O[C@@H]2CO[C@@H](c3ccccc3)O[C@@H]12. The van der Waals surface area contributed by atoms with E-state index in [1.807, 2.05) is 60.7 Å². The number of rotatable bonds is 4. The average Bonchev–Trinajstić information content (AvgIpc) is 2.71. The minimum absolute atomic E-state index is 0.300. The van der Waals surface area contributed by atoms with Crippen molar-refractivity contribution in [2.75, 3.05) is 6.61 Å². The first-order valence-corrected chi connectivity index (χ1v) is 8.86. The Labute approximate surface area is 153 Å². The standard InChI is InChI=1S/C20H24N2O4/c21-16-17(22)20(23-11-13-7-3-1-4-8-13)25-15-12-24-19(26-18(15)16)14-9-5-2-6-10-14/h1-10,15-20H,11-12,21-22H2/t15-,16-,17-,18-,19-,20+/m1/s1. The van der Waals surface area contributed by atoms with Gasteiger partial charge in [0.2, 0.25) is 0 Å². The number of hydrogen-bond donors (Lipinski definition) is 2. The maximum absolute atomic E-state index is 6.37. The summed E-state index contributed by atoms with van der Waals surface area (Å²) in [4.78, 5) is 0. The van der Waals surface area contributed by atoms with Crippen LogP contribution in [0, 0.1) is 0 Å². The summed E-state index contributed by atoms with van der Waals surface area (Å²) in [7, 11) is 0.